The molecule has 1 saturated heterocycles. The molecule has 2 N–H and O–H groups in total. The van der Waals surface area contributed by atoms with Crippen molar-refractivity contribution in [2.75, 3.05) is 13.6 Å². The van der Waals surface area contributed by atoms with Crippen LogP contribution in [0.3, 0.4) is 0 Å². The highest BCUT2D eigenvalue weighted by atomic mass is 15.4. The lowest BCUT2D eigenvalue weighted by molar-refractivity contribution is 0.443. The van der Waals surface area contributed by atoms with E-state index in [9.17, 15) is 0 Å². The fourth-order valence-electron chi connectivity index (χ4n) is 1.08. The maximum Gasteiger partial charge on any atom is 0.0817 e. The molecule has 1 rings (SSSR count). The van der Waals surface area contributed by atoms with E-state index in [1.807, 2.05) is 0 Å². The summed E-state index contributed by atoms with van der Waals surface area (Å²) in [5.41, 5.74) is 5.92. The number of nitrogens with two attached hydrogens (primary N) is 1. The zero-order valence-corrected chi connectivity index (χ0v) is 5.65. The first kappa shape index (κ1) is 6.05. The van der Waals surface area contributed by atoms with Gasteiger partial charge < -0.3 is 5.73 Å². The van der Waals surface area contributed by atoms with Crippen LogP contribution in [-0.2, 0) is 0 Å². The first-order chi connectivity index (χ1) is 3.69. The molecule has 0 aromatic heterocycles. The molecule has 48 valence electrons. The maximum absolute atomic E-state index is 5.83. The van der Waals surface area contributed by atoms with Crippen LogP contribution in [0.2, 0.25) is 0 Å². The monoisotopic (exact) mass is 114 g/mol. The van der Waals surface area contributed by atoms with E-state index in [-0.39, 0.29) is 5.66 Å². The van der Waals surface area contributed by atoms with Crippen LogP contribution < -0.4 is 5.73 Å². The minimum absolute atomic E-state index is 0.0920. The minimum atomic E-state index is 0.0920. The third kappa shape index (κ3) is 0.858. The fraction of sp³-hybridized carbons (Fsp3) is 1.00. The van der Waals surface area contributed by atoms with Crippen LogP contribution in [0.25, 0.3) is 0 Å². The second-order valence-corrected chi connectivity index (χ2v) is 2.71. The van der Waals surface area contributed by atoms with E-state index in [1.165, 1.54) is 6.42 Å². The van der Waals surface area contributed by atoms with Gasteiger partial charge in [-0.15, -0.1) is 0 Å². The third-order valence-electron chi connectivity index (χ3n) is 1.85. The van der Waals surface area contributed by atoms with Crippen molar-refractivity contribution in [2.24, 2.45) is 5.73 Å². The Kier molecular flexibility index (Phi) is 1.29. The van der Waals surface area contributed by atoms with Gasteiger partial charge in [-0.25, -0.2) is 0 Å². The second kappa shape index (κ2) is 1.71. The summed E-state index contributed by atoms with van der Waals surface area (Å²) < 4.78 is 0. The molecule has 2 heteroatoms. The molecule has 0 aromatic rings. The average molecular weight is 114 g/mol. The Morgan fingerprint density at radius 2 is 2.25 bits per heavy atom. The van der Waals surface area contributed by atoms with E-state index in [0.717, 1.165) is 13.0 Å². The minimum Gasteiger partial charge on any atom is -0.312 e. The lowest BCUT2D eigenvalue weighted by Gasteiger charge is -2.05. The van der Waals surface area contributed by atoms with Crippen molar-refractivity contribution >= 4 is 0 Å². The van der Waals surface area contributed by atoms with Crippen LogP contribution >= 0.6 is 0 Å². The number of nitrogens with zero attached hydrogens (tertiary/aromatic N) is 1. The predicted octanol–water partition coefficient (Wildman–Crippen LogP) is 0.387. The highest BCUT2D eigenvalue weighted by Gasteiger charge is 2.43. The molecule has 8 heavy (non-hydrogen) atoms. The molecule has 1 fully saturated rings. The molecule has 0 spiro atoms. The van der Waals surface area contributed by atoms with E-state index < -0.39 is 0 Å². The van der Waals surface area contributed by atoms with Crippen molar-refractivity contribution in [1.82, 2.24) is 4.90 Å². The third-order valence-corrected chi connectivity index (χ3v) is 1.85. The van der Waals surface area contributed by atoms with Crippen molar-refractivity contribution in [2.45, 2.75) is 25.4 Å². The zero-order valence-electron chi connectivity index (χ0n) is 5.65. The molecule has 2 atom stereocenters. The predicted molar refractivity (Wildman–Crippen MR) is 34.5 cm³/mol. The van der Waals surface area contributed by atoms with Crippen molar-refractivity contribution in [1.29, 1.82) is 0 Å². The summed E-state index contributed by atoms with van der Waals surface area (Å²) in [5, 5.41) is 0. The molecular weight excluding hydrogens is 100 g/mol. The molecule has 2 unspecified atom stereocenters. The van der Waals surface area contributed by atoms with E-state index in [2.05, 4.69) is 18.9 Å². The Labute approximate surface area is 50.7 Å². The number of hydrogen-bond acceptors (Lipinski definition) is 2. The molecule has 1 aliphatic rings. The van der Waals surface area contributed by atoms with Crippen LogP contribution in [0.1, 0.15) is 19.8 Å². The summed E-state index contributed by atoms with van der Waals surface area (Å²) >= 11 is 0. The molecule has 2 nitrogen and oxygen atoms in total. The summed E-state index contributed by atoms with van der Waals surface area (Å²) in [5.74, 6) is 0. The van der Waals surface area contributed by atoms with Crippen molar-refractivity contribution in [3.8, 4) is 0 Å². The number of hydrogen-bond donors (Lipinski definition) is 1. The lowest BCUT2D eigenvalue weighted by Crippen LogP contribution is -2.27. The van der Waals surface area contributed by atoms with Gasteiger partial charge in [0.05, 0.1) is 5.66 Å². The Morgan fingerprint density at radius 1 is 1.75 bits per heavy atom. The summed E-state index contributed by atoms with van der Waals surface area (Å²) in [6, 6.07) is 0. The second-order valence-electron chi connectivity index (χ2n) is 2.71. The Morgan fingerprint density at radius 3 is 2.38 bits per heavy atom. The van der Waals surface area contributed by atoms with Gasteiger partial charge in [0, 0.05) is 6.54 Å². The maximum atomic E-state index is 5.83. The Balaban J connectivity index is 2.25. The van der Waals surface area contributed by atoms with Gasteiger partial charge in [-0.05, 0) is 13.5 Å². The molecule has 0 aliphatic carbocycles. The molecule has 1 aliphatic heterocycles. The highest BCUT2D eigenvalue weighted by Crippen LogP contribution is 2.27. The quantitative estimate of drug-likeness (QED) is 0.526. The summed E-state index contributed by atoms with van der Waals surface area (Å²) in [6.45, 7) is 3.25. The highest BCUT2D eigenvalue weighted by molar-refractivity contribution is 4.98. The van der Waals surface area contributed by atoms with Gasteiger partial charge in [-0.1, -0.05) is 13.3 Å². The van der Waals surface area contributed by atoms with E-state index in [1.54, 1.807) is 0 Å². The average Bonchev–Trinajstić information content (AvgIpc) is 2.16. The normalized spacial score (nSPS) is 44.6. The van der Waals surface area contributed by atoms with Crippen molar-refractivity contribution in [3.63, 3.8) is 0 Å². The summed E-state index contributed by atoms with van der Waals surface area (Å²) in [6.07, 6.45) is 2.34. The Bertz CT molecular complexity index is 92.5. The first-order valence-corrected chi connectivity index (χ1v) is 3.19. The van der Waals surface area contributed by atoms with Crippen LogP contribution in [0.5, 0.6) is 0 Å². The van der Waals surface area contributed by atoms with Gasteiger partial charge in [0.2, 0.25) is 0 Å². The van der Waals surface area contributed by atoms with Gasteiger partial charge in [-0.3, -0.25) is 4.90 Å². The van der Waals surface area contributed by atoms with Crippen molar-refractivity contribution in [3.05, 3.63) is 0 Å². The fourth-order valence-corrected chi connectivity index (χ4v) is 1.08. The van der Waals surface area contributed by atoms with E-state index >= 15 is 0 Å². The van der Waals surface area contributed by atoms with E-state index in [0.29, 0.717) is 0 Å². The smallest absolute Gasteiger partial charge is 0.0817 e. The standard InChI is InChI=1S/C6H14N2/c1-3-4-6(7)5-8(6)2/h3-5,7H2,1-2H3. The van der Waals surface area contributed by atoms with Gasteiger partial charge in [0.15, 0.2) is 0 Å². The molecule has 0 aromatic carbocycles. The van der Waals surface area contributed by atoms with Crippen LogP contribution in [-0.4, -0.2) is 24.2 Å². The largest absolute Gasteiger partial charge is 0.312 e. The molecule has 1 heterocycles. The van der Waals surface area contributed by atoms with Crippen LogP contribution in [0.15, 0.2) is 0 Å². The zero-order chi connectivity index (χ0) is 6.20. The molecule has 0 saturated carbocycles. The van der Waals surface area contributed by atoms with Crippen LogP contribution in [0, 0.1) is 0 Å². The van der Waals surface area contributed by atoms with Gasteiger partial charge in [0.1, 0.15) is 0 Å². The summed E-state index contributed by atoms with van der Waals surface area (Å²) in [4.78, 5) is 2.18. The molecular formula is C6H14N2. The molecule has 0 radical (unpaired) electrons. The lowest BCUT2D eigenvalue weighted by atomic mass is 10.2. The van der Waals surface area contributed by atoms with Crippen molar-refractivity contribution < 1.29 is 0 Å². The number of rotatable bonds is 2. The SMILES string of the molecule is CCCC1(N)CN1C. The van der Waals surface area contributed by atoms with Gasteiger partial charge in [-0.2, -0.15) is 0 Å². The number of likely N-dealkylation sites (N-methyl/N-ethyl adjacent to an activating group) is 1. The molecule has 0 bridgehead atoms. The topological polar surface area (TPSA) is 29.0 Å². The molecule has 0 amide bonds. The Hall–Kier alpha value is -0.0800. The summed E-state index contributed by atoms with van der Waals surface area (Å²) in [7, 11) is 2.07. The van der Waals surface area contributed by atoms with Gasteiger partial charge >= 0.3 is 0 Å². The van der Waals surface area contributed by atoms with Gasteiger partial charge in [0.25, 0.3) is 0 Å². The van der Waals surface area contributed by atoms with Crippen LogP contribution in [0.4, 0.5) is 0 Å². The van der Waals surface area contributed by atoms with E-state index in [4.69, 9.17) is 5.73 Å². The first-order valence-electron chi connectivity index (χ1n) is 3.19.